The standard InChI is InChI=1S/C3H10N2O3S/c1-3(2-6)5-9(4,7)8/h3,5-6H,2H2,1H3,(H2,4,7,8)/t3-/m0/s1. The lowest BCUT2D eigenvalue weighted by Gasteiger charge is -2.06. The highest BCUT2D eigenvalue weighted by Crippen LogP contribution is 1.78. The van der Waals surface area contributed by atoms with E-state index in [1.165, 1.54) is 6.92 Å². The number of nitrogens with two attached hydrogens (primary N) is 1. The van der Waals surface area contributed by atoms with E-state index < -0.39 is 16.3 Å². The smallest absolute Gasteiger partial charge is 0.274 e. The summed E-state index contributed by atoms with van der Waals surface area (Å²) in [7, 11) is -3.65. The summed E-state index contributed by atoms with van der Waals surface area (Å²) < 4.78 is 22.3. The average molecular weight is 154 g/mol. The minimum atomic E-state index is -3.65. The predicted molar refractivity (Wildman–Crippen MR) is 32.8 cm³/mol. The van der Waals surface area contributed by atoms with Crippen molar-refractivity contribution in [3.05, 3.63) is 0 Å². The molecule has 0 spiro atoms. The summed E-state index contributed by atoms with van der Waals surface area (Å²) in [4.78, 5) is 0. The molecule has 9 heavy (non-hydrogen) atoms. The first kappa shape index (κ1) is 8.83. The molecule has 0 heterocycles. The van der Waals surface area contributed by atoms with Crippen molar-refractivity contribution in [2.75, 3.05) is 6.61 Å². The van der Waals surface area contributed by atoms with Gasteiger partial charge in [-0.3, -0.25) is 0 Å². The van der Waals surface area contributed by atoms with Gasteiger partial charge < -0.3 is 5.11 Å². The lowest BCUT2D eigenvalue weighted by molar-refractivity contribution is 0.265. The second-order valence-corrected chi connectivity index (χ2v) is 3.07. The normalized spacial score (nSPS) is 15.4. The molecular weight excluding hydrogens is 144 g/mol. The Balaban J connectivity index is 3.75. The molecule has 56 valence electrons. The fourth-order valence-electron chi connectivity index (χ4n) is 0.318. The van der Waals surface area contributed by atoms with Gasteiger partial charge in [-0.2, -0.15) is 13.1 Å². The van der Waals surface area contributed by atoms with Gasteiger partial charge in [-0.15, -0.1) is 0 Å². The van der Waals surface area contributed by atoms with Crippen LogP contribution >= 0.6 is 0 Å². The molecule has 0 unspecified atom stereocenters. The highest BCUT2D eigenvalue weighted by molar-refractivity contribution is 7.87. The first-order valence-electron chi connectivity index (χ1n) is 2.36. The van der Waals surface area contributed by atoms with Crippen LogP contribution in [0.25, 0.3) is 0 Å². The summed E-state index contributed by atoms with van der Waals surface area (Å²) in [5.74, 6) is 0. The van der Waals surface area contributed by atoms with E-state index in [0.717, 1.165) is 0 Å². The Morgan fingerprint density at radius 1 is 1.78 bits per heavy atom. The second kappa shape index (κ2) is 3.11. The maximum absolute atomic E-state index is 10.2. The summed E-state index contributed by atoms with van der Waals surface area (Å²) >= 11 is 0. The van der Waals surface area contributed by atoms with E-state index in [2.05, 4.69) is 5.14 Å². The number of rotatable bonds is 3. The van der Waals surface area contributed by atoms with E-state index in [9.17, 15) is 8.42 Å². The third kappa shape index (κ3) is 5.71. The molecule has 0 amide bonds. The quantitative estimate of drug-likeness (QED) is 0.446. The van der Waals surface area contributed by atoms with E-state index in [4.69, 9.17) is 5.11 Å². The molecule has 0 rings (SSSR count). The summed E-state index contributed by atoms with van der Waals surface area (Å²) in [5.41, 5.74) is 0. The Morgan fingerprint density at radius 3 is 2.33 bits per heavy atom. The maximum Gasteiger partial charge on any atom is 0.274 e. The fourth-order valence-corrected chi connectivity index (χ4v) is 0.953. The first-order valence-corrected chi connectivity index (χ1v) is 3.91. The van der Waals surface area contributed by atoms with Crippen molar-refractivity contribution < 1.29 is 13.5 Å². The zero-order valence-corrected chi connectivity index (χ0v) is 5.85. The number of nitrogens with one attached hydrogen (secondary N) is 1. The van der Waals surface area contributed by atoms with Crippen molar-refractivity contribution >= 4 is 10.2 Å². The predicted octanol–water partition coefficient (Wildman–Crippen LogP) is -1.84. The SMILES string of the molecule is C[C@@H](CO)NS(N)(=O)=O. The Kier molecular flexibility index (Phi) is 3.06. The van der Waals surface area contributed by atoms with Crippen molar-refractivity contribution in [3.63, 3.8) is 0 Å². The third-order valence-electron chi connectivity index (χ3n) is 0.639. The van der Waals surface area contributed by atoms with Gasteiger partial charge in [0.05, 0.1) is 6.61 Å². The molecule has 0 saturated carbocycles. The molecule has 0 aliphatic heterocycles. The van der Waals surface area contributed by atoms with Gasteiger partial charge in [-0.05, 0) is 6.92 Å². The first-order chi connectivity index (χ1) is 3.95. The van der Waals surface area contributed by atoms with Crippen molar-refractivity contribution in [2.45, 2.75) is 13.0 Å². The van der Waals surface area contributed by atoms with Gasteiger partial charge in [-0.1, -0.05) is 0 Å². The molecule has 1 atom stereocenters. The molecule has 0 aromatic carbocycles. The van der Waals surface area contributed by atoms with Crippen LogP contribution in [0.4, 0.5) is 0 Å². The van der Waals surface area contributed by atoms with Gasteiger partial charge in [0.15, 0.2) is 0 Å². The molecule has 0 bridgehead atoms. The molecule has 5 nitrogen and oxygen atoms in total. The molecule has 0 aromatic heterocycles. The van der Waals surface area contributed by atoms with Gasteiger partial charge in [0.25, 0.3) is 10.2 Å². The molecule has 4 N–H and O–H groups in total. The van der Waals surface area contributed by atoms with E-state index in [0.29, 0.717) is 0 Å². The van der Waals surface area contributed by atoms with Crippen LogP contribution in [-0.4, -0.2) is 26.2 Å². The number of hydrogen-bond acceptors (Lipinski definition) is 3. The Hall–Kier alpha value is -0.170. The van der Waals surface area contributed by atoms with E-state index in [1.54, 1.807) is 0 Å². The van der Waals surface area contributed by atoms with Gasteiger partial charge in [0.1, 0.15) is 0 Å². The van der Waals surface area contributed by atoms with Crippen LogP contribution in [0.15, 0.2) is 0 Å². The summed E-state index contributed by atoms with van der Waals surface area (Å²) in [5, 5.41) is 12.9. The number of aliphatic hydroxyl groups is 1. The van der Waals surface area contributed by atoms with E-state index in [-0.39, 0.29) is 6.61 Å². The zero-order valence-electron chi connectivity index (χ0n) is 5.03. The van der Waals surface area contributed by atoms with E-state index in [1.807, 2.05) is 4.72 Å². The Bertz CT molecular complexity index is 164. The van der Waals surface area contributed by atoms with Gasteiger partial charge >= 0.3 is 0 Å². The number of hydrogen-bond donors (Lipinski definition) is 3. The van der Waals surface area contributed by atoms with Crippen molar-refractivity contribution in [2.24, 2.45) is 5.14 Å². The Labute approximate surface area is 54.0 Å². The Morgan fingerprint density at radius 2 is 2.22 bits per heavy atom. The molecule has 0 fully saturated rings. The maximum atomic E-state index is 10.2. The van der Waals surface area contributed by atoms with Crippen LogP contribution in [-0.2, 0) is 10.2 Å². The van der Waals surface area contributed by atoms with Crippen LogP contribution in [0.2, 0.25) is 0 Å². The van der Waals surface area contributed by atoms with E-state index >= 15 is 0 Å². The highest BCUT2D eigenvalue weighted by atomic mass is 32.2. The van der Waals surface area contributed by atoms with Crippen molar-refractivity contribution in [1.82, 2.24) is 4.72 Å². The minimum Gasteiger partial charge on any atom is -0.395 e. The van der Waals surface area contributed by atoms with Crippen molar-refractivity contribution in [3.8, 4) is 0 Å². The summed E-state index contributed by atoms with van der Waals surface area (Å²) in [6, 6.07) is -0.514. The van der Waals surface area contributed by atoms with Crippen LogP contribution in [0.1, 0.15) is 6.92 Å². The number of aliphatic hydroxyl groups excluding tert-OH is 1. The van der Waals surface area contributed by atoms with Crippen LogP contribution in [0.3, 0.4) is 0 Å². The van der Waals surface area contributed by atoms with Gasteiger partial charge in [0.2, 0.25) is 0 Å². The summed E-state index contributed by atoms with van der Waals surface area (Å²) in [6.45, 7) is 1.25. The van der Waals surface area contributed by atoms with Gasteiger partial charge in [-0.25, -0.2) is 5.14 Å². The van der Waals surface area contributed by atoms with Gasteiger partial charge in [0, 0.05) is 6.04 Å². The molecule has 0 aliphatic carbocycles. The monoisotopic (exact) mass is 154 g/mol. The largest absolute Gasteiger partial charge is 0.395 e. The van der Waals surface area contributed by atoms with Crippen LogP contribution in [0, 0.1) is 0 Å². The molecular formula is C3H10N2O3S. The second-order valence-electron chi connectivity index (χ2n) is 1.75. The highest BCUT2D eigenvalue weighted by Gasteiger charge is 2.05. The molecule has 6 heteroatoms. The summed E-state index contributed by atoms with van der Waals surface area (Å²) in [6.07, 6.45) is 0. The topological polar surface area (TPSA) is 92.4 Å². The molecule has 0 aliphatic rings. The molecule has 0 saturated heterocycles. The lowest BCUT2D eigenvalue weighted by Crippen LogP contribution is -2.39. The average Bonchev–Trinajstić information content (AvgIpc) is 1.62. The van der Waals surface area contributed by atoms with Crippen LogP contribution in [0.5, 0.6) is 0 Å². The molecule has 0 radical (unpaired) electrons. The molecule has 0 aromatic rings. The zero-order chi connectivity index (χ0) is 7.49. The van der Waals surface area contributed by atoms with Crippen molar-refractivity contribution in [1.29, 1.82) is 0 Å². The lowest BCUT2D eigenvalue weighted by atomic mass is 10.4. The van der Waals surface area contributed by atoms with Crippen LogP contribution < -0.4 is 9.86 Å². The third-order valence-corrected chi connectivity index (χ3v) is 1.37. The fraction of sp³-hybridized carbons (Fsp3) is 1.00. The minimum absolute atomic E-state index is 0.254.